The van der Waals surface area contributed by atoms with E-state index in [0.29, 0.717) is 18.5 Å². The van der Waals surface area contributed by atoms with Gasteiger partial charge in [0.2, 0.25) is 0 Å². The van der Waals surface area contributed by atoms with Crippen molar-refractivity contribution in [3.63, 3.8) is 0 Å². The topological polar surface area (TPSA) is 82.2 Å². The lowest BCUT2D eigenvalue weighted by molar-refractivity contribution is -0.148. The summed E-state index contributed by atoms with van der Waals surface area (Å²) >= 11 is 0. The van der Waals surface area contributed by atoms with E-state index in [-0.39, 0.29) is 12.5 Å². The first-order valence-corrected chi connectivity index (χ1v) is 8.45. The van der Waals surface area contributed by atoms with E-state index in [0.717, 1.165) is 40.4 Å². The highest BCUT2D eigenvalue weighted by atomic mass is 16.4. The minimum Gasteiger partial charge on any atom is -0.481 e. The van der Waals surface area contributed by atoms with E-state index in [2.05, 4.69) is 22.4 Å². The summed E-state index contributed by atoms with van der Waals surface area (Å²) in [5.41, 5.74) is 3.86. The number of nitrogens with one attached hydrogen (secondary N) is 2. The molecule has 3 N–H and O–H groups in total. The van der Waals surface area contributed by atoms with Gasteiger partial charge in [0.25, 0.3) is 5.91 Å². The van der Waals surface area contributed by atoms with E-state index in [9.17, 15) is 14.7 Å². The van der Waals surface area contributed by atoms with Gasteiger partial charge in [0, 0.05) is 17.4 Å². The highest BCUT2D eigenvalue weighted by Crippen LogP contribution is 2.38. The third-order valence-electron chi connectivity index (χ3n) is 5.34. The number of carboxylic acids is 1. The number of amides is 1. The van der Waals surface area contributed by atoms with Crippen LogP contribution < -0.4 is 5.32 Å². The van der Waals surface area contributed by atoms with E-state index in [1.54, 1.807) is 0 Å². The molecule has 0 saturated heterocycles. The van der Waals surface area contributed by atoms with Crippen molar-refractivity contribution in [3.8, 4) is 0 Å². The molecule has 2 aromatic rings. The van der Waals surface area contributed by atoms with Crippen molar-refractivity contribution in [1.82, 2.24) is 10.3 Å². The number of carbonyl (C=O) groups excluding carboxylic acids is 1. The minimum atomic E-state index is -0.805. The van der Waals surface area contributed by atoms with Crippen LogP contribution in [0.3, 0.4) is 0 Å². The number of hydrogen-bond acceptors (Lipinski definition) is 2. The average molecular weight is 328 g/mol. The normalized spacial score (nSPS) is 16.5. The largest absolute Gasteiger partial charge is 0.481 e. The van der Waals surface area contributed by atoms with Crippen LogP contribution in [0.4, 0.5) is 0 Å². The molecule has 0 atom stereocenters. The highest BCUT2D eigenvalue weighted by Gasteiger charge is 2.41. The number of H-pyrrole nitrogens is 1. The van der Waals surface area contributed by atoms with Gasteiger partial charge in [0.15, 0.2) is 0 Å². The number of fused-ring (bicyclic) bond motifs is 1. The zero-order chi connectivity index (χ0) is 17.5. The van der Waals surface area contributed by atoms with Gasteiger partial charge in [-0.15, -0.1) is 0 Å². The predicted molar refractivity (Wildman–Crippen MR) is 93.4 cm³/mol. The Morgan fingerprint density at radius 1 is 1.21 bits per heavy atom. The van der Waals surface area contributed by atoms with Crippen molar-refractivity contribution in [1.29, 1.82) is 0 Å². The number of rotatable bonds is 4. The highest BCUT2D eigenvalue weighted by molar-refractivity contribution is 6.02. The number of carbonyl (C=O) groups is 2. The van der Waals surface area contributed by atoms with E-state index >= 15 is 0 Å². The van der Waals surface area contributed by atoms with Gasteiger partial charge in [-0.2, -0.15) is 0 Å². The molecule has 5 heteroatoms. The SMILES string of the molecule is Cc1cc(C)c2[nH]c(C(=O)NCC3(C(=O)O)CCCC3)c(C)c2c1. The van der Waals surface area contributed by atoms with Gasteiger partial charge in [-0.1, -0.05) is 24.5 Å². The van der Waals surface area contributed by atoms with Crippen molar-refractivity contribution in [3.05, 3.63) is 34.5 Å². The lowest BCUT2D eigenvalue weighted by Crippen LogP contribution is -2.41. The molecular weight excluding hydrogens is 304 g/mol. The summed E-state index contributed by atoms with van der Waals surface area (Å²) in [6.45, 7) is 6.17. The molecule has 0 bridgehead atoms. The number of hydrogen-bond donors (Lipinski definition) is 3. The summed E-state index contributed by atoms with van der Waals surface area (Å²) < 4.78 is 0. The Morgan fingerprint density at radius 2 is 1.88 bits per heavy atom. The van der Waals surface area contributed by atoms with Crippen molar-refractivity contribution >= 4 is 22.8 Å². The summed E-state index contributed by atoms with van der Waals surface area (Å²) in [4.78, 5) is 27.4. The zero-order valence-electron chi connectivity index (χ0n) is 14.5. The maximum Gasteiger partial charge on any atom is 0.311 e. The van der Waals surface area contributed by atoms with Crippen molar-refractivity contribution in [2.75, 3.05) is 6.54 Å². The Labute approximate surface area is 141 Å². The van der Waals surface area contributed by atoms with Gasteiger partial charge in [0.05, 0.1) is 5.41 Å². The second kappa shape index (κ2) is 5.96. The van der Waals surface area contributed by atoms with Crippen molar-refractivity contribution < 1.29 is 14.7 Å². The smallest absolute Gasteiger partial charge is 0.311 e. The van der Waals surface area contributed by atoms with Crippen LogP contribution in [0.5, 0.6) is 0 Å². The molecule has 1 aromatic heterocycles. The van der Waals surface area contributed by atoms with Crippen LogP contribution in [-0.4, -0.2) is 28.5 Å². The molecule has 0 radical (unpaired) electrons. The third-order valence-corrected chi connectivity index (χ3v) is 5.34. The van der Waals surface area contributed by atoms with E-state index in [4.69, 9.17) is 0 Å². The monoisotopic (exact) mass is 328 g/mol. The molecule has 0 aliphatic heterocycles. The van der Waals surface area contributed by atoms with Gasteiger partial charge in [-0.05, 0) is 50.8 Å². The summed E-state index contributed by atoms with van der Waals surface area (Å²) in [7, 11) is 0. The first-order chi connectivity index (χ1) is 11.3. The van der Waals surface area contributed by atoms with E-state index in [1.807, 2.05) is 20.8 Å². The van der Waals surface area contributed by atoms with Crippen LogP contribution in [0.2, 0.25) is 0 Å². The second-order valence-corrected chi connectivity index (χ2v) is 7.10. The van der Waals surface area contributed by atoms with E-state index in [1.165, 1.54) is 0 Å². The first-order valence-electron chi connectivity index (χ1n) is 8.45. The van der Waals surface area contributed by atoms with Crippen LogP contribution >= 0.6 is 0 Å². The lowest BCUT2D eigenvalue weighted by atomic mass is 9.86. The molecule has 1 heterocycles. The quantitative estimate of drug-likeness (QED) is 0.804. The third kappa shape index (κ3) is 2.68. The molecule has 0 spiro atoms. The van der Waals surface area contributed by atoms with Crippen LogP contribution in [0.25, 0.3) is 10.9 Å². The molecule has 1 aliphatic carbocycles. The molecule has 1 aliphatic rings. The van der Waals surface area contributed by atoms with Gasteiger partial charge < -0.3 is 15.4 Å². The predicted octanol–water partition coefficient (Wildman–Crippen LogP) is 3.47. The maximum atomic E-state index is 12.6. The molecule has 1 aromatic carbocycles. The lowest BCUT2D eigenvalue weighted by Gasteiger charge is -2.23. The summed E-state index contributed by atoms with van der Waals surface area (Å²) in [5, 5.41) is 13.4. The number of benzene rings is 1. The van der Waals surface area contributed by atoms with E-state index < -0.39 is 11.4 Å². The van der Waals surface area contributed by atoms with Crippen LogP contribution in [0.15, 0.2) is 12.1 Å². The minimum absolute atomic E-state index is 0.188. The van der Waals surface area contributed by atoms with Gasteiger partial charge in [0.1, 0.15) is 5.69 Å². The molecule has 3 rings (SSSR count). The van der Waals surface area contributed by atoms with Gasteiger partial charge in [-0.3, -0.25) is 9.59 Å². The zero-order valence-corrected chi connectivity index (χ0v) is 14.5. The molecule has 1 amide bonds. The van der Waals surface area contributed by atoms with Gasteiger partial charge >= 0.3 is 5.97 Å². The summed E-state index contributed by atoms with van der Waals surface area (Å²) in [6.07, 6.45) is 3.08. The Hall–Kier alpha value is -2.30. The molecule has 1 saturated carbocycles. The van der Waals surface area contributed by atoms with Gasteiger partial charge in [-0.25, -0.2) is 0 Å². The molecule has 24 heavy (non-hydrogen) atoms. The van der Waals surface area contributed by atoms with Crippen molar-refractivity contribution in [2.45, 2.75) is 46.5 Å². The molecule has 0 unspecified atom stereocenters. The number of aromatic amines is 1. The Morgan fingerprint density at radius 3 is 2.50 bits per heavy atom. The number of aryl methyl sites for hydroxylation is 3. The molecule has 1 fully saturated rings. The molecular formula is C19H24N2O3. The van der Waals surface area contributed by atoms with Crippen LogP contribution in [0, 0.1) is 26.2 Å². The van der Waals surface area contributed by atoms with Crippen LogP contribution in [-0.2, 0) is 4.79 Å². The van der Waals surface area contributed by atoms with Crippen molar-refractivity contribution in [2.24, 2.45) is 5.41 Å². The fraction of sp³-hybridized carbons (Fsp3) is 0.474. The number of aliphatic carboxylic acids is 1. The number of aromatic nitrogens is 1. The molecule has 128 valence electrons. The first kappa shape index (κ1) is 16.6. The Balaban J connectivity index is 1.85. The van der Waals surface area contributed by atoms with Crippen LogP contribution in [0.1, 0.15) is 52.9 Å². The standard InChI is InChI=1S/C19H24N2O3/c1-11-8-12(2)15-14(9-11)13(3)16(21-15)17(22)20-10-19(18(23)24)6-4-5-7-19/h8-9,21H,4-7,10H2,1-3H3,(H,20,22)(H,23,24). The Bertz CT molecular complexity index is 814. The summed E-state index contributed by atoms with van der Waals surface area (Å²) in [5.74, 6) is -1.03. The maximum absolute atomic E-state index is 12.6. The number of carboxylic acid groups (broad SMARTS) is 1. The fourth-order valence-corrected chi connectivity index (χ4v) is 3.87. The molecule has 5 nitrogen and oxygen atoms in total. The second-order valence-electron chi connectivity index (χ2n) is 7.10. The fourth-order valence-electron chi connectivity index (χ4n) is 3.87. The average Bonchev–Trinajstić information content (AvgIpc) is 3.12. The Kier molecular flexibility index (Phi) is 4.11. The summed E-state index contributed by atoms with van der Waals surface area (Å²) in [6, 6.07) is 4.15.